The first-order valence-electron chi connectivity index (χ1n) is 12.1. The first-order chi connectivity index (χ1) is 15.7. The lowest BCUT2D eigenvalue weighted by atomic mass is 9.88. The molecule has 3 atom stereocenters. The van der Waals surface area contributed by atoms with E-state index in [1.54, 1.807) is 0 Å². The average Bonchev–Trinajstić information content (AvgIpc) is 3.18. The van der Waals surface area contributed by atoms with Crippen LogP contribution in [0.4, 0.5) is 0 Å². The van der Waals surface area contributed by atoms with Crippen LogP contribution in [0.2, 0.25) is 0 Å². The van der Waals surface area contributed by atoms with Crippen LogP contribution >= 0.6 is 0 Å². The van der Waals surface area contributed by atoms with E-state index in [4.69, 9.17) is 4.74 Å². The third-order valence-electron chi connectivity index (χ3n) is 6.81. The lowest BCUT2D eigenvalue weighted by molar-refractivity contribution is -0.138. The Kier molecular flexibility index (Phi) is 8.69. The van der Waals surface area contributed by atoms with Crippen molar-refractivity contribution in [3.8, 4) is 0 Å². The van der Waals surface area contributed by atoms with Gasteiger partial charge in [-0.05, 0) is 74.6 Å². The highest BCUT2D eigenvalue weighted by atomic mass is 16.5. The number of benzene rings is 2. The second-order valence-corrected chi connectivity index (χ2v) is 10.1. The standard InChI is InChI=1S/C28H39NO4/c1-5-24(27(31)32)26-13-9-8-12-25(26)19(2)33-18-23(30)17-29-28(3,4)16-20-14-21-10-6-7-11-22(21)15-20/h6-13,19-20,23-24,29-30H,5,14-18H2,1-4H3,(H,31,32)/t19-,23-,24?/m1/s1. The molecule has 5 heteroatoms. The minimum atomic E-state index is -0.825. The van der Waals surface area contributed by atoms with Gasteiger partial charge in [-0.15, -0.1) is 0 Å². The molecule has 0 amide bonds. The first kappa shape index (κ1) is 25.4. The molecule has 1 aliphatic rings. The Balaban J connectivity index is 1.48. The van der Waals surface area contributed by atoms with Crippen molar-refractivity contribution >= 4 is 5.97 Å². The lowest BCUT2D eigenvalue weighted by Gasteiger charge is -2.31. The number of fused-ring (bicyclic) bond motifs is 1. The molecule has 0 saturated carbocycles. The van der Waals surface area contributed by atoms with Crippen LogP contribution in [-0.2, 0) is 22.4 Å². The van der Waals surface area contributed by atoms with Crippen molar-refractivity contribution in [3.05, 3.63) is 70.8 Å². The third-order valence-corrected chi connectivity index (χ3v) is 6.81. The van der Waals surface area contributed by atoms with Crippen LogP contribution in [0.25, 0.3) is 0 Å². The summed E-state index contributed by atoms with van der Waals surface area (Å²) in [5.74, 6) is -0.758. The number of rotatable bonds is 12. The summed E-state index contributed by atoms with van der Waals surface area (Å²) >= 11 is 0. The maximum absolute atomic E-state index is 11.6. The molecule has 0 bridgehead atoms. The van der Waals surface area contributed by atoms with E-state index in [-0.39, 0.29) is 18.2 Å². The van der Waals surface area contributed by atoms with Gasteiger partial charge in [-0.25, -0.2) is 0 Å². The number of aliphatic carboxylic acids is 1. The molecule has 2 aromatic carbocycles. The largest absolute Gasteiger partial charge is 0.481 e. The van der Waals surface area contributed by atoms with E-state index in [0.717, 1.165) is 30.4 Å². The van der Waals surface area contributed by atoms with Crippen molar-refractivity contribution < 1.29 is 19.7 Å². The van der Waals surface area contributed by atoms with Gasteiger partial charge in [0, 0.05) is 12.1 Å². The van der Waals surface area contributed by atoms with Gasteiger partial charge in [-0.2, -0.15) is 0 Å². The number of hydrogen-bond acceptors (Lipinski definition) is 4. The molecule has 1 aliphatic carbocycles. The lowest BCUT2D eigenvalue weighted by Crippen LogP contribution is -2.45. The van der Waals surface area contributed by atoms with Gasteiger partial charge in [0.2, 0.25) is 0 Å². The molecular weight excluding hydrogens is 414 g/mol. The highest BCUT2D eigenvalue weighted by Gasteiger charge is 2.28. The number of carboxylic acid groups (broad SMARTS) is 1. The summed E-state index contributed by atoms with van der Waals surface area (Å²) in [4.78, 5) is 11.6. The summed E-state index contributed by atoms with van der Waals surface area (Å²) in [6.07, 6.45) is 2.88. The summed E-state index contributed by atoms with van der Waals surface area (Å²) in [5, 5.41) is 23.6. The number of hydrogen-bond donors (Lipinski definition) is 3. The van der Waals surface area contributed by atoms with Gasteiger partial charge >= 0.3 is 5.97 Å². The van der Waals surface area contributed by atoms with E-state index >= 15 is 0 Å². The highest BCUT2D eigenvalue weighted by molar-refractivity contribution is 5.76. The van der Waals surface area contributed by atoms with Gasteiger partial charge in [0.25, 0.3) is 0 Å². The van der Waals surface area contributed by atoms with E-state index in [1.165, 1.54) is 11.1 Å². The Morgan fingerprint density at radius 2 is 1.67 bits per heavy atom. The fourth-order valence-corrected chi connectivity index (χ4v) is 5.11. The molecule has 0 spiro atoms. The molecule has 0 heterocycles. The van der Waals surface area contributed by atoms with Gasteiger partial charge in [0.1, 0.15) is 0 Å². The molecule has 0 fully saturated rings. The molecule has 0 radical (unpaired) electrons. The molecule has 180 valence electrons. The van der Waals surface area contributed by atoms with Crippen LogP contribution in [0.5, 0.6) is 0 Å². The van der Waals surface area contributed by atoms with Crippen molar-refractivity contribution in [3.63, 3.8) is 0 Å². The zero-order valence-electron chi connectivity index (χ0n) is 20.4. The predicted molar refractivity (Wildman–Crippen MR) is 132 cm³/mol. The van der Waals surface area contributed by atoms with Crippen LogP contribution in [0, 0.1) is 5.92 Å². The Bertz CT molecular complexity index is 901. The van der Waals surface area contributed by atoms with Crippen LogP contribution in [-0.4, -0.2) is 41.0 Å². The van der Waals surface area contributed by atoms with Crippen molar-refractivity contribution in [2.24, 2.45) is 5.92 Å². The molecule has 5 nitrogen and oxygen atoms in total. The van der Waals surface area contributed by atoms with Crippen molar-refractivity contribution in [1.82, 2.24) is 5.32 Å². The molecule has 1 unspecified atom stereocenters. The molecule has 2 aromatic rings. The number of carbonyl (C=O) groups is 1. The zero-order chi connectivity index (χ0) is 24.0. The maximum atomic E-state index is 11.6. The van der Waals surface area contributed by atoms with Crippen LogP contribution in [0.15, 0.2) is 48.5 Å². The van der Waals surface area contributed by atoms with Gasteiger partial charge in [-0.1, -0.05) is 55.5 Å². The zero-order valence-corrected chi connectivity index (χ0v) is 20.4. The van der Waals surface area contributed by atoms with E-state index in [1.807, 2.05) is 38.1 Å². The molecule has 3 N–H and O–H groups in total. The summed E-state index contributed by atoms with van der Waals surface area (Å²) in [5.41, 5.74) is 4.50. The highest BCUT2D eigenvalue weighted by Crippen LogP contribution is 2.32. The monoisotopic (exact) mass is 453 g/mol. The average molecular weight is 454 g/mol. The normalized spacial score (nSPS) is 16.9. The molecule has 33 heavy (non-hydrogen) atoms. The SMILES string of the molecule is CCC(C(=O)O)c1ccccc1[C@@H](C)OC[C@H](O)CNC(C)(C)CC1Cc2ccccc2C1. The molecular formula is C28H39NO4. The van der Waals surface area contributed by atoms with E-state index in [0.29, 0.717) is 18.9 Å². The van der Waals surface area contributed by atoms with E-state index in [9.17, 15) is 15.0 Å². The Labute approximate surface area is 198 Å². The Hall–Kier alpha value is -2.21. The predicted octanol–water partition coefficient (Wildman–Crippen LogP) is 4.88. The smallest absolute Gasteiger partial charge is 0.310 e. The van der Waals surface area contributed by atoms with Crippen molar-refractivity contribution in [1.29, 1.82) is 0 Å². The summed E-state index contributed by atoms with van der Waals surface area (Å²) in [6.45, 7) is 8.82. The van der Waals surface area contributed by atoms with Gasteiger partial charge in [0.05, 0.1) is 24.7 Å². The molecule has 0 aliphatic heterocycles. The van der Waals surface area contributed by atoms with Crippen molar-refractivity contribution in [2.75, 3.05) is 13.2 Å². The summed E-state index contributed by atoms with van der Waals surface area (Å²) in [7, 11) is 0. The number of β-amino-alcohol motifs (C(OH)–C–C–N with tert-alkyl or cyclic N) is 1. The van der Waals surface area contributed by atoms with Crippen LogP contribution in [0.3, 0.4) is 0 Å². The van der Waals surface area contributed by atoms with E-state index in [2.05, 4.69) is 43.4 Å². The van der Waals surface area contributed by atoms with Crippen molar-refractivity contribution in [2.45, 2.75) is 77.0 Å². The summed E-state index contributed by atoms with van der Waals surface area (Å²) in [6, 6.07) is 16.2. The molecule has 0 aromatic heterocycles. The number of nitrogens with one attached hydrogen (secondary N) is 1. The van der Waals surface area contributed by atoms with Gasteiger partial charge in [0.15, 0.2) is 0 Å². The first-order valence-corrected chi connectivity index (χ1v) is 12.1. The van der Waals surface area contributed by atoms with Crippen LogP contribution < -0.4 is 5.32 Å². The Morgan fingerprint density at radius 3 is 2.24 bits per heavy atom. The fraction of sp³-hybridized carbons (Fsp3) is 0.536. The number of aliphatic hydroxyl groups excluding tert-OH is 1. The number of carboxylic acids is 1. The second-order valence-electron chi connectivity index (χ2n) is 10.1. The number of ether oxygens (including phenoxy) is 1. The summed E-state index contributed by atoms with van der Waals surface area (Å²) < 4.78 is 5.96. The minimum Gasteiger partial charge on any atom is -0.481 e. The van der Waals surface area contributed by atoms with Crippen LogP contribution in [0.1, 0.15) is 74.8 Å². The third kappa shape index (κ3) is 6.89. The maximum Gasteiger partial charge on any atom is 0.310 e. The topological polar surface area (TPSA) is 78.8 Å². The second kappa shape index (κ2) is 11.3. The van der Waals surface area contributed by atoms with Gasteiger partial charge in [-0.3, -0.25) is 4.79 Å². The minimum absolute atomic E-state index is 0.0816. The molecule has 3 rings (SSSR count). The number of aliphatic hydroxyl groups is 1. The van der Waals surface area contributed by atoms with E-state index < -0.39 is 18.0 Å². The fourth-order valence-electron chi connectivity index (χ4n) is 5.11. The Morgan fingerprint density at radius 1 is 1.09 bits per heavy atom. The van der Waals surface area contributed by atoms with Gasteiger partial charge < -0.3 is 20.3 Å². The molecule has 0 saturated heterocycles. The quantitative estimate of drug-likeness (QED) is 0.427.